The number of aryl methyl sites for hydroxylation is 1. The molecule has 1 aromatic rings. The second-order valence-corrected chi connectivity index (χ2v) is 5.58. The van der Waals surface area contributed by atoms with Crippen LogP contribution >= 0.6 is 11.3 Å². The Morgan fingerprint density at radius 2 is 2.28 bits per heavy atom. The molecule has 0 radical (unpaired) electrons. The van der Waals surface area contributed by atoms with Crippen molar-refractivity contribution in [2.24, 2.45) is 0 Å². The van der Waals surface area contributed by atoms with Gasteiger partial charge in [0.1, 0.15) is 0 Å². The molecular formula is C13H23N3OS. The molecule has 2 N–H and O–H groups in total. The number of rotatable bonds is 8. The molecule has 0 aliphatic rings. The number of carbonyl (C=O) groups is 1. The summed E-state index contributed by atoms with van der Waals surface area (Å²) in [5.41, 5.74) is 0. The van der Waals surface area contributed by atoms with Gasteiger partial charge in [0.2, 0.25) is 5.91 Å². The first-order chi connectivity index (χ1) is 8.65. The lowest BCUT2D eigenvalue weighted by Crippen LogP contribution is -2.33. The van der Waals surface area contributed by atoms with Crippen LogP contribution in [0.2, 0.25) is 0 Å². The molecule has 4 nitrogen and oxygen atoms in total. The number of carbonyl (C=O) groups excluding carboxylic acids is 1. The molecule has 18 heavy (non-hydrogen) atoms. The number of hydrogen-bond acceptors (Lipinski definition) is 4. The third-order valence-electron chi connectivity index (χ3n) is 2.75. The van der Waals surface area contributed by atoms with Crippen LogP contribution in [0.25, 0.3) is 0 Å². The summed E-state index contributed by atoms with van der Waals surface area (Å²) < 4.78 is 0. The average molecular weight is 269 g/mol. The van der Waals surface area contributed by atoms with Crippen LogP contribution in [-0.2, 0) is 17.8 Å². The molecule has 0 aliphatic carbocycles. The Morgan fingerprint density at radius 3 is 2.89 bits per heavy atom. The summed E-state index contributed by atoms with van der Waals surface area (Å²) in [5.74, 6) is 0.121. The third kappa shape index (κ3) is 5.60. The Bertz CT molecular complexity index is 365. The zero-order chi connectivity index (χ0) is 13.4. The molecule has 0 spiro atoms. The summed E-state index contributed by atoms with van der Waals surface area (Å²) in [5, 5.41) is 7.39. The van der Waals surface area contributed by atoms with Crippen molar-refractivity contribution in [2.75, 3.05) is 6.54 Å². The zero-order valence-electron chi connectivity index (χ0n) is 11.5. The van der Waals surface area contributed by atoms with E-state index in [0.717, 1.165) is 19.4 Å². The van der Waals surface area contributed by atoms with Crippen molar-refractivity contribution < 1.29 is 4.79 Å². The molecule has 1 atom stereocenters. The lowest BCUT2D eigenvalue weighted by atomic mass is 10.2. The molecule has 1 aromatic heterocycles. The monoisotopic (exact) mass is 269 g/mol. The molecule has 5 heteroatoms. The van der Waals surface area contributed by atoms with E-state index in [-0.39, 0.29) is 11.9 Å². The lowest BCUT2D eigenvalue weighted by Gasteiger charge is -2.11. The van der Waals surface area contributed by atoms with Crippen LogP contribution in [0.15, 0.2) is 6.20 Å². The smallest absolute Gasteiger partial charge is 0.221 e. The maximum absolute atomic E-state index is 11.5. The Labute approximate surface area is 113 Å². The largest absolute Gasteiger partial charge is 0.354 e. The number of hydrogen-bond donors (Lipinski definition) is 2. The maximum Gasteiger partial charge on any atom is 0.221 e. The van der Waals surface area contributed by atoms with E-state index in [9.17, 15) is 4.79 Å². The van der Waals surface area contributed by atoms with Gasteiger partial charge in [0, 0.05) is 36.6 Å². The number of thiazole rings is 1. The van der Waals surface area contributed by atoms with Crippen LogP contribution in [-0.4, -0.2) is 23.5 Å². The van der Waals surface area contributed by atoms with E-state index in [0.29, 0.717) is 13.0 Å². The maximum atomic E-state index is 11.5. The van der Waals surface area contributed by atoms with Gasteiger partial charge in [0.25, 0.3) is 0 Å². The topological polar surface area (TPSA) is 54.0 Å². The molecule has 1 heterocycles. The molecule has 0 fully saturated rings. The van der Waals surface area contributed by atoms with Gasteiger partial charge in [-0.1, -0.05) is 13.8 Å². The molecular weight excluding hydrogens is 246 g/mol. The summed E-state index contributed by atoms with van der Waals surface area (Å²) in [4.78, 5) is 17.0. The normalized spacial score (nSPS) is 12.4. The van der Waals surface area contributed by atoms with Crippen LogP contribution in [0.3, 0.4) is 0 Å². The van der Waals surface area contributed by atoms with E-state index in [1.165, 1.54) is 9.88 Å². The summed E-state index contributed by atoms with van der Waals surface area (Å²) in [6, 6.07) is 0.270. The van der Waals surface area contributed by atoms with Gasteiger partial charge in [-0.15, -0.1) is 11.3 Å². The minimum absolute atomic E-state index is 0.121. The van der Waals surface area contributed by atoms with E-state index in [2.05, 4.69) is 29.5 Å². The van der Waals surface area contributed by atoms with Crippen LogP contribution < -0.4 is 10.6 Å². The minimum atomic E-state index is 0.121. The molecule has 0 saturated heterocycles. The van der Waals surface area contributed by atoms with Crippen LogP contribution in [0.4, 0.5) is 0 Å². The fourth-order valence-corrected chi connectivity index (χ4v) is 2.29. The zero-order valence-corrected chi connectivity index (χ0v) is 12.3. The average Bonchev–Trinajstić information content (AvgIpc) is 2.82. The van der Waals surface area contributed by atoms with Crippen molar-refractivity contribution >= 4 is 17.2 Å². The molecule has 1 unspecified atom stereocenters. The number of amides is 1. The van der Waals surface area contributed by atoms with Crippen molar-refractivity contribution in [3.8, 4) is 0 Å². The van der Waals surface area contributed by atoms with Gasteiger partial charge in [-0.3, -0.25) is 4.79 Å². The Kier molecular flexibility index (Phi) is 6.90. The highest BCUT2D eigenvalue weighted by molar-refractivity contribution is 7.11. The van der Waals surface area contributed by atoms with E-state index >= 15 is 0 Å². The second kappa shape index (κ2) is 8.21. The van der Waals surface area contributed by atoms with E-state index < -0.39 is 0 Å². The Morgan fingerprint density at radius 1 is 1.50 bits per heavy atom. The molecule has 0 bridgehead atoms. The van der Waals surface area contributed by atoms with Gasteiger partial charge in [-0.25, -0.2) is 4.98 Å². The van der Waals surface area contributed by atoms with Crippen molar-refractivity contribution in [1.29, 1.82) is 0 Å². The van der Waals surface area contributed by atoms with Crippen molar-refractivity contribution in [2.45, 2.75) is 52.6 Å². The third-order valence-corrected chi connectivity index (χ3v) is 3.89. The van der Waals surface area contributed by atoms with Crippen molar-refractivity contribution in [3.63, 3.8) is 0 Å². The molecule has 1 amide bonds. The quantitative estimate of drug-likeness (QED) is 0.711. The van der Waals surface area contributed by atoms with Gasteiger partial charge in [-0.2, -0.15) is 0 Å². The first-order valence-electron chi connectivity index (χ1n) is 6.59. The van der Waals surface area contributed by atoms with Crippen molar-refractivity contribution in [1.82, 2.24) is 15.6 Å². The first kappa shape index (κ1) is 15.1. The van der Waals surface area contributed by atoms with Crippen LogP contribution in [0, 0.1) is 0 Å². The fraction of sp³-hybridized carbons (Fsp3) is 0.692. The molecule has 0 aromatic carbocycles. The van der Waals surface area contributed by atoms with Gasteiger partial charge in [0.05, 0.1) is 5.01 Å². The molecule has 102 valence electrons. The SMILES string of the molecule is CCc1ncc(CNCCC(=O)NC(C)CC)s1. The summed E-state index contributed by atoms with van der Waals surface area (Å²) in [7, 11) is 0. The second-order valence-electron chi connectivity index (χ2n) is 4.38. The lowest BCUT2D eigenvalue weighted by molar-refractivity contribution is -0.121. The Hall–Kier alpha value is -0.940. The molecule has 0 aliphatic heterocycles. The molecule has 1 rings (SSSR count). The number of aromatic nitrogens is 1. The van der Waals surface area contributed by atoms with E-state index in [4.69, 9.17) is 0 Å². The summed E-state index contributed by atoms with van der Waals surface area (Å²) in [6.45, 7) is 7.71. The van der Waals surface area contributed by atoms with Crippen LogP contribution in [0.5, 0.6) is 0 Å². The first-order valence-corrected chi connectivity index (χ1v) is 7.41. The highest BCUT2D eigenvalue weighted by atomic mass is 32.1. The minimum Gasteiger partial charge on any atom is -0.354 e. The number of nitrogens with one attached hydrogen (secondary N) is 2. The predicted octanol–water partition coefficient (Wildman–Crippen LogP) is 2.10. The highest BCUT2D eigenvalue weighted by Gasteiger charge is 2.05. The van der Waals surface area contributed by atoms with Gasteiger partial charge >= 0.3 is 0 Å². The molecule has 0 saturated carbocycles. The highest BCUT2D eigenvalue weighted by Crippen LogP contribution is 2.12. The number of nitrogens with zero attached hydrogens (tertiary/aromatic N) is 1. The predicted molar refractivity (Wildman–Crippen MR) is 75.7 cm³/mol. The van der Waals surface area contributed by atoms with Gasteiger partial charge in [-0.05, 0) is 19.8 Å². The van der Waals surface area contributed by atoms with Crippen LogP contribution in [0.1, 0.15) is 43.5 Å². The van der Waals surface area contributed by atoms with E-state index in [1.807, 2.05) is 13.1 Å². The van der Waals surface area contributed by atoms with Gasteiger partial charge in [0.15, 0.2) is 0 Å². The standard InChI is InChI=1S/C13H23N3OS/c1-4-10(3)16-12(17)6-7-14-8-11-9-15-13(5-2)18-11/h9-10,14H,4-8H2,1-3H3,(H,16,17). The van der Waals surface area contributed by atoms with Gasteiger partial charge < -0.3 is 10.6 Å². The Balaban J connectivity index is 2.13. The van der Waals surface area contributed by atoms with Crippen molar-refractivity contribution in [3.05, 3.63) is 16.1 Å². The summed E-state index contributed by atoms with van der Waals surface area (Å²) >= 11 is 1.73. The summed E-state index contributed by atoms with van der Waals surface area (Å²) in [6.07, 6.45) is 4.40. The van der Waals surface area contributed by atoms with E-state index in [1.54, 1.807) is 11.3 Å². The fourth-order valence-electron chi connectivity index (χ4n) is 1.46.